The molecule has 9 aromatic rings. The van der Waals surface area contributed by atoms with Gasteiger partial charge in [-0.05, 0) is 166 Å². The van der Waals surface area contributed by atoms with E-state index in [2.05, 4.69) is 29.9 Å². The molecule has 3 amide bonds. The van der Waals surface area contributed by atoms with Crippen LogP contribution in [0, 0.1) is 51.4 Å². The van der Waals surface area contributed by atoms with Gasteiger partial charge in [0.05, 0.1) is 22.8 Å². The Kier molecular flexibility index (Phi) is 24.4. The van der Waals surface area contributed by atoms with Gasteiger partial charge in [0, 0.05) is 146 Å². The second kappa shape index (κ2) is 32.4. The lowest BCUT2D eigenvalue weighted by molar-refractivity contribution is -0.118. The minimum Gasteiger partial charge on any atom is -0.315 e. The lowest BCUT2D eigenvalue weighted by Crippen LogP contribution is -2.25. The zero-order valence-electron chi connectivity index (χ0n) is 53.3. The average molecular weight is 1250 g/mol. The molecule has 92 heavy (non-hydrogen) atoms. The maximum atomic E-state index is 14.5. The van der Waals surface area contributed by atoms with E-state index >= 15 is 0 Å². The zero-order valence-corrected chi connectivity index (χ0v) is 53.3. The molecule has 0 radical (unpaired) electrons. The van der Waals surface area contributed by atoms with Crippen molar-refractivity contribution in [3.05, 3.63) is 232 Å². The highest BCUT2D eigenvalue weighted by Crippen LogP contribution is 2.30. The molecule has 0 aliphatic heterocycles. The van der Waals surface area contributed by atoms with Crippen LogP contribution >= 0.6 is 0 Å². The van der Waals surface area contributed by atoms with Crippen molar-refractivity contribution in [1.29, 1.82) is 0 Å². The van der Waals surface area contributed by atoms with Gasteiger partial charge >= 0.3 is 0 Å². The van der Waals surface area contributed by atoms with Crippen molar-refractivity contribution in [1.82, 2.24) is 29.9 Å². The van der Waals surface area contributed by atoms with Crippen LogP contribution in [0.15, 0.2) is 152 Å². The molecule has 0 unspecified atom stereocenters. The molecule has 9 rings (SSSR count). The van der Waals surface area contributed by atoms with Gasteiger partial charge in [0.1, 0.15) is 5.82 Å². The van der Waals surface area contributed by atoms with Crippen LogP contribution in [0.2, 0.25) is 0 Å². The maximum Gasteiger partial charge on any atom is 0.226 e. The lowest BCUT2D eigenvalue weighted by atomic mass is 10.0. The monoisotopic (exact) mass is 1250 g/mol. The molecule has 3 aromatic carbocycles. The Hall–Kier alpha value is -10.3. The summed E-state index contributed by atoms with van der Waals surface area (Å²) in [7, 11) is 5.08. The van der Waals surface area contributed by atoms with E-state index in [4.69, 9.17) is 0 Å². The van der Waals surface area contributed by atoms with Gasteiger partial charge in [-0.1, -0.05) is 51.1 Å². The number of amides is 3. The predicted octanol–water partition coefficient (Wildman–Crippen LogP) is 14.8. The van der Waals surface area contributed by atoms with Gasteiger partial charge in [-0.15, -0.1) is 0 Å². The van der Waals surface area contributed by atoms with Gasteiger partial charge in [-0.25, -0.2) is 9.37 Å². The molecule has 0 aliphatic carbocycles. The third-order valence-electron chi connectivity index (χ3n) is 15.6. The largest absolute Gasteiger partial charge is 0.315 e. The van der Waals surface area contributed by atoms with Crippen LogP contribution in [0.5, 0.6) is 0 Å². The van der Waals surface area contributed by atoms with E-state index in [0.29, 0.717) is 84.3 Å². The molecular weight excluding hydrogens is 1170 g/mol. The standard InChI is InChI=1S/C25H26FN3O2.C24H23F2N3O2.C24H24FN3O2/c1-5-25(31)29(4)22-11-7-19(14-16(22)2)21-10-6-20(15-27-21)23(30)12-8-18-9-13-24(26)28-17(18)3;1-4-23(31)29(3)20-10-6-17(13-15(20)2)19-9-5-18(14-27-19)21(30)11-7-16-8-12-22(25)28-24(16)26;1-4-24(30)28(3)22-11-8-18(14-20(22)25)21-10-7-19(15-27-21)23(29)12-9-17-6-5-13-26-16(17)2/h6-7,9-11,13-15H,5,8,12H2,1-4H3;5-6,8-10,12-14H,4,7,11H2,1-3H3;5-8,10-11,13-15H,4,9,12H2,1-3H3. The Morgan fingerprint density at radius 3 is 1.15 bits per heavy atom. The normalized spacial score (nSPS) is 10.7. The smallest absolute Gasteiger partial charge is 0.226 e. The molecule has 0 saturated carbocycles. The molecule has 6 heterocycles. The van der Waals surface area contributed by atoms with E-state index < -0.39 is 23.7 Å². The molecule has 0 aliphatic rings. The number of aryl methyl sites for hydroxylation is 7. The number of aromatic nitrogens is 6. The quantitative estimate of drug-likeness (QED) is 0.0376. The Bertz CT molecular complexity index is 3950. The number of anilines is 3. The van der Waals surface area contributed by atoms with Crippen LogP contribution in [0.3, 0.4) is 0 Å². The molecule has 0 spiro atoms. The molecular formula is C73H73F4N9O6. The molecule has 0 bridgehead atoms. The van der Waals surface area contributed by atoms with Crippen LogP contribution in [0.1, 0.15) is 130 Å². The van der Waals surface area contributed by atoms with E-state index in [1.165, 1.54) is 35.5 Å². The van der Waals surface area contributed by atoms with Crippen LogP contribution < -0.4 is 14.7 Å². The number of carbonyl (C=O) groups is 6. The fourth-order valence-corrected chi connectivity index (χ4v) is 10.0. The Labute approximate surface area is 533 Å². The first-order valence-electron chi connectivity index (χ1n) is 30.1. The first kappa shape index (κ1) is 69.2. The first-order valence-corrected chi connectivity index (χ1v) is 30.1. The zero-order chi connectivity index (χ0) is 66.8. The SMILES string of the molecule is CCC(=O)N(C)c1ccc(-c2ccc(C(=O)CCc3ccc(F)nc3C)cn2)cc1C.CCC(=O)N(C)c1ccc(-c2ccc(C(=O)CCc3ccc(F)nc3F)cn2)cc1C.CCC(=O)N(C)c1ccc(-c2ccc(C(=O)CCc3cccnc3C)cn2)cc1F. The Balaban J connectivity index is 0.000000196. The summed E-state index contributed by atoms with van der Waals surface area (Å²) in [6.07, 6.45) is 9.51. The molecule has 0 atom stereocenters. The lowest BCUT2D eigenvalue weighted by Gasteiger charge is -2.19. The molecule has 15 nitrogen and oxygen atoms in total. The van der Waals surface area contributed by atoms with E-state index in [1.54, 1.807) is 106 Å². The topological polar surface area (TPSA) is 189 Å². The number of benzene rings is 3. The predicted molar refractivity (Wildman–Crippen MR) is 350 cm³/mol. The summed E-state index contributed by atoms with van der Waals surface area (Å²) < 4.78 is 54.1. The van der Waals surface area contributed by atoms with Crippen LogP contribution in [-0.2, 0) is 33.6 Å². The molecule has 19 heteroatoms. The summed E-state index contributed by atoms with van der Waals surface area (Å²) in [6.45, 7) is 13.0. The number of hydrogen-bond donors (Lipinski definition) is 0. The van der Waals surface area contributed by atoms with Crippen molar-refractivity contribution in [2.24, 2.45) is 0 Å². The van der Waals surface area contributed by atoms with Crippen molar-refractivity contribution < 1.29 is 46.3 Å². The van der Waals surface area contributed by atoms with Gasteiger partial charge in [-0.2, -0.15) is 18.2 Å². The molecule has 0 N–H and O–H groups in total. The number of halogens is 4. The number of carbonyl (C=O) groups excluding carboxylic acids is 6. The van der Waals surface area contributed by atoms with E-state index in [-0.39, 0.29) is 59.2 Å². The van der Waals surface area contributed by atoms with Crippen molar-refractivity contribution >= 4 is 52.1 Å². The minimum absolute atomic E-state index is 0.00136. The number of Topliss-reactive ketones (excluding diaryl/α,β-unsaturated/α-hetero) is 3. The fourth-order valence-electron chi connectivity index (χ4n) is 10.0. The Morgan fingerprint density at radius 1 is 0.402 bits per heavy atom. The number of pyridine rings is 6. The summed E-state index contributed by atoms with van der Waals surface area (Å²) in [4.78, 5) is 102. The third kappa shape index (κ3) is 18.2. The second-order valence-corrected chi connectivity index (χ2v) is 21.9. The molecule has 0 saturated heterocycles. The average Bonchev–Trinajstić information content (AvgIpc) is 0.880. The summed E-state index contributed by atoms with van der Waals surface area (Å²) in [6, 6.07) is 35.8. The van der Waals surface area contributed by atoms with Gasteiger partial charge in [0.15, 0.2) is 17.3 Å². The molecule has 0 fully saturated rings. The first-order chi connectivity index (χ1) is 44.0. The van der Waals surface area contributed by atoms with Crippen molar-refractivity contribution in [2.45, 2.75) is 106 Å². The van der Waals surface area contributed by atoms with E-state index in [9.17, 15) is 46.3 Å². The van der Waals surface area contributed by atoms with E-state index in [0.717, 1.165) is 62.2 Å². The van der Waals surface area contributed by atoms with Crippen LogP contribution in [-0.4, -0.2) is 86.1 Å². The van der Waals surface area contributed by atoms with Crippen molar-refractivity contribution in [2.75, 3.05) is 35.8 Å². The molecule has 474 valence electrons. The summed E-state index contributed by atoms with van der Waals surface area (Å²) >= 11 is 0. The Morgan fingerprint density at radius 2 is 0.783 bits per heavy atom. The highest BCUT2D eigenvalue weighted by molar-refractivity contribution is 5.98. The van der Waals surface area contributed by atoms with Crippen LogP contribution in [0.25, 0.3) is 33.8 Å². The highest BCUT2D eigenvalue weighted by Gasteiger charge is 2.19. The maximum absolute atomic E-state index is 14.5. The summed E-state index contributed by atoms with van der Waals surface area (Å²) in [5.74, 6) is -3.07. The van der Waals surface area contributed by atoms with Crippen molar-refractivity contribution in [3.8, 4) is 33.8 Å². The summed E-state index contributed by atoms with van der Waals surface area (Å²) in [5.41, 5.74) is 13.4. The summed E-state index contributed by atoms with van der Waals surface area (Å²) in [5, 5.41) is 0. The van der Waals surface area contributed by atoms with Crippen LogP contribution in [0.4, 0.5) is 34.6 Å². The second-order valence-electron chi connectivity index (χ2n) is 21.9. The number of hydrogen-bond acceptors (Lipinski definition) is 12. The third-order valence-corrected chi connectivity index (χ3v) is 15.6. The number of nitrogens with zero attached hydrogens (tertiary/aromatic N) is 9. The number of rotatable bonds is 21. The van der Waals surface area contributed by atoms with Gasteiger partial charge in [0.2, 0.25) is 35.6 Å². The molecule has 6 aromatic heterocycles. The fraction of sp³-hybridized carbons (Fsp3) is 0.260. The van der Waals surface area contributed by atoms with Crippen molar-refractivity contribution in [3.63, 3.8) is 0 Å². The minimum atomic E-state index is -0.897. The van der Waals surface area contributed by atoms with Gasteiger partial charge < -0.3 is 14.7 Å². The van der Waals surface area contributed by atoms with E-state index in [1.807, 2.05) is 89.2 Å². The number of ketones is 3. The van der Waals surface area contributed by atoms with Gasteiger partial charge in [0.25, 0.3) is 0 Å². The highest BCUT2D eigenvalue weighted by atomic mass is 19.1. The van der Waals surface area contributed by atoms with Gasteiger partial charge in [-0.3, -0.25) is 48.7 Å².